The van der Waals surface area contributed by atoms with Crippen molar-refractivity contribution in [3.8, 4) is 0 Å². The van der Waals surface area contributed by atoms with Crippen molar-refractivity contribution in [2.75, 3.05) is 0 Å². The largest absolute Gasteiger partial charge is 0.455 e. The van der Waals surface area contributed by atoms with Crippen LogP contribution in [0.4, 0.5) is 0 Å². The van der Waals surface area contributed by atoms with Gasteiger partial charge >= 0.3 is 5.97 Å². The molecule has 2 aliphatic heterocycles. The molecular formula is C21H20O3. The van der Waals surface area contributed by atoms with Crippen LogP contribution in [0, 0.1) is 0 Å². The van der Waals surface area contributed by atoms with Crippen molar-refractivity contribution in [3.63, 3.8) is 0 Å². The molecule has 2 aromatic rings. The summed E-state index contributed by atoms with van der Waals surface area (Å²) in [4.78, 5) is 12.0. The molecule has 0 saturated carbocycles. The fourth-order valence-corrected chi connectivity index (χ4v) is 3.78. The van der Waals surface area contributed by atoms with Gasteiger partial charge in [-0.25, -0.2) is 4.79 Å². The molecule has 3 heteroatoms. The molecule has 0 N–H and O–H groups in total. The average molecular weight is 320 g/mol. The van der Waals surface area contributed by atoms with Crippen molar-refractivity contribution in [1.82, 2.24) is 0 Å². The monoisotopic (exact) mass is 320 g/mol. The van der Waals surface area contributed by atoms with Gasteiger partial charge in [-0.1, -0.05) is 67.2 Å². The lowest BCUT2D eigenvalue weighted by Gasteiger charge is -2.41. The quantitative estimate of drug-likeness (QED) is 0.603. The lowest BCUT2D eigenvalue weighted by Crippen LogP contribution is -2.39. The Morgan fingerprint density at radius 1 is 0.875 bits per heavy atom. The third-order valence-corrected chi connectivity index (χ3v) is 4.92. The van der Waals surface area contributed by atoms with Crippen molar-refractivity contribution in [2.45, 2.75) is 37.1 Å². The van der Waals surface area contributed by atoms with Crippen LogP contribution in [0.5, 0.6) is 0 Å². The SMILES string of the molecule is C=C1CC2(C[C@H](c3ccccc3)O[C@@H](c3ccccc3)C2)OC1=O. The topological polar surface area (TPSA) is 35.5 Å². The van der Waals surface area contributed by atoms with Crippen LogP contribution in [-0.2, 0) is 14.3 Å². The molecule has 0 bridgehead atoms. The number of benzene rings is 2. The van der Waals surface area contributed by atoms with E-state index in [0.29, 0.717) is 24.8 Å². The average Bonchev–Trinajstić information content (AvgIpc) is 2.89. The van der Waals surface area contributed by atoms with Gasteiger partial charge in [0.1, 0.15) is 5.60 Å². The summed E-state index contributed by atoms with van der Waals surface area (Å²) in [5.74, 6) is -0.268. The minimum Gasteiger partial charge on any atom is -0.455 e. The molecule has 4 rings (SSSR count). The lowest BCUT2D eigenvalue weighted by atomic mass is 9.80. The Kier molecular flexibility index (Phi) is 3.73. The first-order valence-electron chi connectivity index (χ1n) is 8.32. The fourth-order valence-electron chi connectivity index (χ4n) is 3.78. The first kappa shape index (κ1) is 15.2. The summed E-state index contributed by atoms with van der Waals surface area (Å²) in [5, 5.41) is 0. The Hall–Kier alpha value is -2.39. The van der Waals surface area contributed by atoms with E-state index < -0.39 is 5.60 Å². The molecule has 0 radical (unpaired) electrons. The van der Waals surface area contributed by atoms with Gasteiger partial charge in [-0.3, -0.25) is 0 Å². The van der Waals surface area contributed by atoms with Crippen molar-refractivity contribution >= 4 is 5.97 Å². The minimum atomic E-state index is -0.507. The van der Waals surface area contributed by atoms with E-state index >= 15 is 0 Å². The van der Waals surface area contributed by atoms with Crippen LogP contribution >= 0.6 is 0 Å². The summed E-state index contributed by atoms with van der Waals surface area (Å²) in [6.07, 6.45) is 1.74. The van der Waals surface area contributed by atoms with Gasteiger partial charge in [-0.15, -0.1) is 0 Å². The van der Waals surface area contributed by atoms with Crippen molar-refractivity contribution in [3.05, 3.63) is 83.9 Å². The molecule has 2 fully saturated rings. The number of esters is 1. The molecule has 3 nitrogen and oxygen atoms in total. The second-order valence-electron chi connectivity index (χ2n) is 6.70. The Bertz CT molecular complexity index is 686. The smallest absolute Gasteiger partial charge is 0.334 e. The molecule has 2 heterocycles. The molecule has 1 spiro atoms. The van der Waals surface area contributed by atoms with Gasteiger partial charge in [-0.05, 0) is 11.1 Å². The maximum absolute atomic E-state index is 12.0. The highest BCUT2D eigenvalue weighted by Gasteiger charge is 2.50. The van der Waals surface area contributed by atoms with Crippen molar-refractivity contribution in [2.24, 2.45) is 0 Å². The van der Waals surface area contributed by atoms with E-state index in [1.54, 1.807) is 0 Å². The minimum absolute atomic E-state index is 0.0937. The van der Waals surface area contributed by atoms with Gasteiger partial charge in [0.15, 0.2) is 0 Å². The molecule has 2 atom stereocenters. The van der Waals surface area contributed by atoms with Gasteiger partial charge in [0.2, 0.25) is 0 Å². The number of carbonyl (C=O) groups is 1. The first-order valence-corrected chi connectivity index (χ1v) is 8.32. The maximum atomic E-state index is 12.0. The third kappa shape index (κ3) is 2.76. The molecule has 0 aliphatic carbocycles. The van der Waals surface area contributed by atoms with E-state index in [1.165, 1.54) is 0 Å². The Balaban J connectivity index is 1.69. The molecule has 2 saturated heterocycles. The Labute approximate surface area is 141 Å². The summed E-state index contributed by atoms with van der Waals surface area (Å²) in [5.41, 5.74) is 2.29. The zero-order valence-corrected chi connectivity index (χ0v) is 13.5. The Morgan fingerprint density at radius 3 is 1.79 bits per heavy atom. The first-order chi connectivity index (χ1) is 11.7. The van der Waals surface area contributed by atoms with E-state index in [9.17, 15) is 4.79 Å². The molecule has 0 amide bonds. The lowest BCUT2D eigenvalue weighted by molar-refractivity contribution is -0.173. The molecule has 0 aromatic heterocycles. The zero-order valence-electron chi connectivity index (χ0n) is 13.5. The standard InChI is InChI=1S/C21H20O3/c1-15-12-21(24-20(15)22)13-18(16-8-4-2-5-9-16)23-19(14-21)17-10-6-3-7-11-17/h2-11,18-19H,1,12-14H2/t18-,19-/m1/s1. The van der Waals surface area contributed by atoms with Gasteiger partial charge in [-0.2, -0.15) is 0 Å². The van der Waals surface area contributed by atoms with Gasteiger partial charge in [0, 0.05) is 24.8 Å². The molecule has 0 unspecified atom stereocenters. The van der Waals surface area contributed by atoms with Crippen molar-refractivity contribution < 1.29 is 14.3 Å². The number of hydrogen-bond acceptors (Lipinski definition) is 3. The van der Waals surface area contributed by atoms with Gasteiger partial charge in [0.25, 0.3) is 0 Å². The van der Waals surface area contributed by atoms with E-state index in [0.717, 1.165) is 11.1 Å². The van der Waals surface area contributed by atoms with Crippen LogP contribution in [-0.4, -0.2) is 11.6 Å². The summed E-state index contributed by atoms with van der Waals surface area (Å²) in [6, 6.07) is 20.3. The molecule has 2 aliphatic rings. The van der Waals surface area contributed by atoms with Gasteiger partial charge in [0.05, 0.1) is 12.2 Å². The number of hydrogen-bond donors (Lipinski definition) is 0. The number of carbonyl (C=O) groups excluding carboxylic acids is 1. The van der Waals surface area contributed by atoms with Crippen LogP contribution in [0.3, 0.4) is 0 Å². The highest BCUT2D eigenvalue weighted by atomic mass is 16.6. The summed E-state index contributed by atoms with van der Waals surface area (Å²) >= 11 is 0. The Morgan fingerprint density at radius 2 is 1.38 bits per heavy atom. The van der Waals surface area contributed by atoms with Crippen LogP contribution in [0.1, 0.15) is 42.6 Å². The van der Waals surface area contributed by atoms with E-state index in [2.05, 4.69) is 30.8 Å². The number of ether oxygens (including phenoxy) is 2. The summed E-state index contributed by atoms with van der Waals surface area (Å²) in [7, 11) is 0. The second-order valence-corrected chi connectivity index (χ2v) is 6.70. The van der Waals surface area contributed by atoms with Crippen LogP contribution in [0.2, 0.25) is 0 Å². The molecule has 122 valence electrons. The second kappa shape index (κ2) is 5.91. The summed E-state index contributed by atoms with van der Waals surface area (Å²) < 4.78 is 12.2. The van der Waals surface area contributed by atoms with E-state index in [4.69, 9.17) is 9.47 Å². The van der Waals surface area contributed by atoms with Crippen LogP contribution in [0.15, 0.2) is 72.8 Å². The van der Waals surface area contributed by atoms with E-state index in [1.807, 2.05) is 36.4 Å². The predicted molar refractivity (Wildman–Crippen MR) is 91.3 cm³/mol. The van der Waals surface area contributed by atoms with Gasteiger partial charge < -0.3 is 9.47 Å². The fraction of sp³-hybridized carbons (Fsp3) is 0.286. The van der Waals surface area contributed by atoms with Crippen LogP contribution in [0.25, 0.3) is 0 Å². The molecule has 24 heavy (non-hydrogen) atoms. The highest BCUT2D eigenvalue weighted by molar-refractivity contribution is 5.90. The molecule has 2 aromatic carbocycles. The molecular weight excluding hydrogens is 300 g/mol. The zero-order chi connectivity index (χ0) is 16.6. The maximum Gasteiger partial charge on any atom is 0.334 e. The van der Waals surface area contributed by atoms with Crippen LogP contribution < -0.4 is 0 Å². The normalized spacial score (nSPS) is 29.7. The number of rotatable bonds is 2. The van der Waals surface area contributed by atoms with E-state index in [-0.39, 0.29) is 18.2 Å². The third-order valence-electron chi connectivity index (χ3n) is 4.92. The van der Waals surface area contributed by atoms with Crippen molar-refractivity contribution in [1.29, 1.82) is 0 Å². The predicted octanol–water partition coefficient (Wildman–Crippen LogP) is 4.52. The summed E-state index contributed by atoms with van der Waals surface area (Å²) in [6.45, 7) is 3.86. The highest BCUT2D eigenvalue weighted by Crippen LogP contribution is 2.50.